The van der Waals surface area contributed by atoms with Crippen molar-refractivity contribution in [2.45, 2.75) is 31.6 Å². The fourth-order valence-electron chi connectivity index (χ4n) is 4.33. The highest BCUT2D eigenvalue weighted by Gasteiger charge is 2.48. The highest BCUT2D eigenvalue weighted by atomic mass is 19.1. The normalized spacial score (nSPS) is 19.1. The Kier molecular flexibility index (Phi) is 5.08. The topological polar surface area (TPSA) is 61.4 Å². The number of carbonyl (C=O) groups is 2. The van der Waals surface area contributed by atoms with E-state index in [-0.39, 0.29) is 23.4 Å². The first-order valence-electron chi connectivity index (χ1n) is 9.83. The van der Waals surface area contributed by atoms with Crippen molar-refractivity contribution < 1.29 is 18.4 Å². The molecule has 0 bridgehead atoms. The lowest BCUT2D eigenvalue weighted by Gasteiger charge is -2.37. The van der Waals surface area contributed by atoms with E-state index < -0.39 is 5.41 Å². The van der Waals surface area contributed by atoms with Crippen molar-refractivity contribution in [3.05, 3.63) is 59.2 Å². The van der Waals surface area contributed by atoms with Crippen molar-refractivity contribution in [3.63, 3.8) is 0 Å². The molecule has 1 spiro atoms. The maximum atomic E-state index is 13.4. The van der Waals surface area contributed by atoms with E-state index in [0.717, 1.165) is 55.0 Å². The van der Waals surface area contributed by atoms with Gasteiger partial charge in [-0.1, -0.05) is 6.92 Å². The molecule has 152 valence electrons. The summed E-state index contributed by atoms with van der Waals surface area (Å²) in [6, 6.07) is 8.89. The number of nitrogens with zero attached hydrogens (tertiary/aromatic N) is 1. The second-order valence-corrected chi connectivity index (χ2v) is 7.69. The van der Waals surface area contributed by atoms with E-state index in [2.05, 4.69) is 22.5 Å². The number of fused-ring (bicyclic) bond motifs is 3. The fourth-order valence-corrected chi connectivity index (χ4v) is 4.33. The zero-order chi connectivity index (χ0) is 20.6. The smallest absolute Gasteiger partial charge is 0.235 e. The van der Waals surface area contributed by atoms with E-state index in [1.54, 1.807) is 12.1 Å². The highest BCUT2D eigenvalue weighted by molar-refractivity contribution is 6.06. The number of hydrogen-bond acceptors (Lipinski definition) is 3. The van der Waals surface area contributed by atoms with Crippen molar-refractivity contribution in [1.82, 2.24) is 4.90 Å². The molecule has 2 N–H and O–H groups in total. The van der Waals surface area contributed by atoms with Gasteiger partial charge in [0.1, 0.15) is 11.6 Å². The number of halogens is 2. The Morgan fingerprint density at radius 1 is 0.966 bits per heavy atom. The molecule has 1 fully saturated rings. The average Bonchev–Trinajstić information content (AvgIpc) is 3.20. The van der Waals surface area contributed by atoms with Gasteiger partial charge in [-0.05, 0) is 80.0 Å². The van der Waals surface area contributed by atoms with Gasteiger partial charge >= 0.3 is 0 Å². The molecule has 29 heavy (non-hydrogen) atoms. The van der Waals surface area contributed by atoms with Crippen LogP contribution in [0.3, 0.4) is 0 Å². The monoisotopic (exact) mass is 399 g/mol. The third kappa shape index (κ3) is 3.62. The van der Waals surface area contributed by atoms with Gasteiger partial charge in [0.2, 0.25) is 11.8 Å². The van der Waals surface area contributed by atoms with E-state index >= 15 is 0 Å². The molecule has 0 unspecified atom stereocenters. The first-order chi connectivity index (χ1) is 13.9. The van der Waals surface area contributed by atoms with Crippen LogP contribution in [0.2, 0.25) is 0 Å². The van der Waals surface area contributed by atoms with Crippen LogP contribution in [-0.2, 0) is 21.4 Å². The molecule has 7 heteroatoms. The molecule has 0 aromatic heterocycles. The van der Waals surface area contributed by atoms with Gasteiger partial charge in [0.15, 0.2) is 0 Å². The molecule has 0 radical (unpaired) electrons. The molecule has 3 aliphatic rings. The minimum Gasteiger partial charge on any atom is -0.326 e. The Bertz CT molecular complexity index is 969. The number of piperidine rings is 1. The molecule has 2 aromatic rings. The zero-order valence-electron chi connectivity index (χ0n) is 16.2. The van der Waals surface area contributed by atoms with Gasteiger partial charge in [-0.25, -0.2) is 8.78 Å². The van der Waals surface area contributed by atoms with E-state index in [1.807, 2.05) is 0 Å². The summed E-state index contributed by atoms with van der Waals surface area (Å²) in [6.07, 6.45) is 1.86. The Hall–Kier alpha value is -2.80. The Morgan fingerprint density at radius 2 is 1.62 bits per heavy atom. The van der Waals surface area contributed by atoms with Gasteiger partial charge in [0.25, 0.3) is 0 Å². The van der Waals surface area contributed by atoms with Crippen molar-refractivity contribution in [3.8, 4) is 0 Å². The maximum Gasteiger partial charge on any atom is 0.235 e. The number of nitrogens with one attached hydrogen (secondary N) is 2. The number of rotatable bonds is 1. The summed E-state index contributed by atoms with van der Waals surface area (Å²) in [5, 5.41) is 5.51. The van der Waals surface area contributed by atoms with Crippen LogP contribution in [-0.4, -0.2) is 36.3 Å². The molecule has 0 aliphatic carbocycles. The Labute approximate surface area is 168 Å². The lowest BCUT2D eigenvalue weighted by atomic mass is 9.73. The maximum absolute atomic E-state index is 13.4. The van der Waals surface area contributed by atoms with Crippen LogP contribution in [0.4, 0.5) is 20.2 Å². The van der Waals surface area contributed by atoms with Crippen molar-refractivity contribution in [1.29, 1.82) is 0 Å². The largest absolute Gasteiger partial charge is 0.326 e. The molecule has 0 atom stereocenters. The van der Waals surface area contributed by atoms with E-state index in [0.29, 0.717) is 6.42 Å². The predicted octanol–water partition coefficient (Wildman–Crippen LogP) is 3.45. The summed E-state index contributed by atoms with van der Waals surface area (Å²) in [5.41, 5.74) is 2.62. The second kappa shape index (κ2) is 7.55. The summed E-state index contributed by atoms with van der Waals surface area (Å²) in [4.78, 5) is 25.4. The lowest BCUT2D eigenvalue weighted by molar-refractivity contribution is -0.122. The molecule has 3 heterocycles. The zero-order valence-corrected chi connectivity index (χ0v) is 16.2. The molecule has 1 saturated heterocycles. The molecule has 3 aliphatic heterocycles. The predicted molar refractivity (Wildman–Crippen MR) is 107 cm³/mol. The Balaban J connectivity index is 0.000000159. The van der Waals surface area contributed by atoms with Crippen LogP contribution in [0.15, 0.2) is 36.4 Å². The third-order valence-electron chi connectivity index (χ3n) is 6.03. The van der Waals surface area contributed by atoms with Crippen molar-refractivity contribution >= 4 is 23.2 Å². The first kappa shape index (κ1) is 19.5. The summed E-state index contributed by atoms with van der Waals surface area (Å²) >= 11 is 0. The van der Waals surface area contributed by atoms with E-state index in [1.165, 1.54) is 24.3 Å². The van der Waals surface area contributed by atoms with Crippen LogP contribution in [0.1, 0.15) is 30.9 Å². The van der Waals surface area contributed by atoms with Gasteiger partial charge in [-0.15, -0.1) is 0 Å². The summed E-state index contributed by atoms with van der Waals surface area (Å²) < 4.78 is 26.0. The summed E-state index contributed by atoms with van der Waals surface area (Å²) in [7, 11) is 0. The lowest BCUT2D eigenvalue weighted by Crippen LogP contribution is -2.46. The first-order valence-corrected chi connectivity index (χ1v) is 9.83. The SMILES string of the molecule is CCN1CCC2(CC1)C(=O)Nc1ccc(F)cc12.O=C1Cc2cc(F)ccc2N1. The minimum absolute atomic E-state index is 0.0406. The van der Waals surface area contributed by atoms with E-state index in [4.69, 9.17) is 0 Å². The van der Waals surface area contributed by atoms with Crippen LogP contribution in [0, 0.1) is 11.6 Å². The standard InChI is InChI=1S/C14H17FN2O.C8H6FNO/c1-2-17-7-5-14(6-8-17)11-9-10(15)3-4-12(11)16-13(14)18;9-6-1-2-7-5(3-6)4-8(11)10-7/h3-4,9H,2,5-8H2,1H3,(H,16,18);1-3H,4H2,(H,10,11). The third-order valence-corrected chi connectivity index (χ3v) is 6.03. The number of carbonyl (C=O) groups excluding carboxylic acids is 2. The second-order valence-electron chi connectivity index (χ2n) is 7.69. The molecular weight excluding hydrogens is 376 g/mol. The minimum atomic E-state index is -0.497. The van der Waals surface area contributed by atoms with Gasteiger partial charge < -0.3 is 15.5 Å². The molecule has 5 nitrogen and oxygen atoms in total. The van der Waals surface area contributed by atoms with Crippen LogP contribution < -0.4 is 10.6 Å². The molecule has 5 rings (SSSR count). The summed E-state index contributed by atoms with van der Waals surface area (Å²) in [6.45, 7) is 4.94. The van der Waals surface area contributed by atoms with Gasteiger partial charge in [0, 0.05) is 11.4 Å². The van der Waals surface area contributed by atoms with Crippen LogP contribution >= 0.6 is 0 Å². The van der Waals surface area contributed by atoms with Gasteiger partial charge in [0.05, 0.1) is 11.8 Å². The van der Waals surface area contributed by atoms with E-state index in [9.17, 15) is 18.4 Å². The van der Waals surface area contributed by atoms with Gasteiger partial charge in [-0.2, -0.15) is 0 Å². The average molecular weight is 399 g/mol. The number of anilines is 2. The molecule has 2 amide bonds. The number of likely N-dealkylation sites (tertiary alicyclic amines) is 1. The van der Waals surface area contributed by atoms with Crippen molar-refractivity contribution in [2.75, 3.05) is 30.3 Å². The molecule has 2 aromatic carbocycles. The van der Waals surface area contributed by atoms with Crippen molar-refractivity contribution in [2.24, 2.45) is 0 Å². The Morgan fingerprint density at radius 3 is 2.31 bits per heavy atom. The number of benzene rings is 2. The number of hydrogen-bond donors (Lipinski definition) is 2. The summed E-state index contributed by atoms with van der Waals surface area (Å²) in [5.74, 6) is -0.577. The van der Waals surface area contributed by atoms with Crippen LogP contribution in [0.5, 0.6) is 0 Å². The number of amides is 2. The van der Waals surface area contributed by atoms with Crippen LogP contribution in [0.25, 0.3) is 0 Å². The quantitative estimate of drug-likeness (QED) is 0.772. The fraction of sp³-hybridized carbons (Fsp3) is 0.364. The van der Waals surface area contributed by atoms with Gasteiger partial charge in [-0.3, -0.25) is 9.59 Å². The highest BCUT2D eigenvalue weighted by Crippen LogP contribution is 2.45. The molecular formula is C22H23F2N3O2. The molecule has 0 saturated carbocycles.